The van der Waals surface area contributed by atoms with Gasteiger partial charge in [-0.05, 0) is 75.1 Å². The first-order valence-electron chi connectivity index (χ1n) is 10.7. The highest BCUT2D eigenvalue weighted by Gasteiger charge is 2.39. The third-order valence-electron chi connectivity index (χ3n) is 6.50. The molecule has 1 saturated heterocycles. The van der Waals surface area contributed by atoms with Gasteiger partial charge in [-0.1, -0.05) is 12.1 Å². The Morgan fingerprint density at radius 2 is 2.14 bits per heavy atom. The quantitative estimate of drug-likeness (QED) is 0.510. The lowest BCUT2D eigenvalue weighted by Crippen LogP contribution is -2.53. The summed E-state index contributed by atoms with van der Waals surface area (Å²) in [4.78, 5) is 24.7. The molecule has 0 radical (unpaired) electrons. The number of fused-ring (bicyclic) bond motifs is 2. The van der Waals surface area contributed by atoms with Crippen LogP contribution in [0.2, 0.25) is 0 Å². The Balaban J connectivity index is 1.36. The van der Waals surface area contributed by atoms with Gasteiger partial charge in [0, 0.05) is 6.42 Å². The van der Waals surface area contributed by atoms with E-state index in [1.54, 1.807) is 19.1 Å². The average Bonchev–Trinajstić information content (AvgIpc) is 3.16. The molecule has 29 heavy (non-hydrogen) atoms. The second kappa shape index (κ2) is 8.75. The second-order valence-electron chi connectivity index (χ2n) is 8.46. The van der Waals surface area contributed by atoms with E-state index in [0.717, 1.165) is 37.4 Å². The van der Waals surface area contributed by atoms with Gasteiger partial charge in [-0.15, -0.1) is 0 Å². The van der Waals surface area contributed by atoms with E-state index in [0.29, 0.717) is 36.0 Å². The molecule has 3 N–H and O–H groups in total. The van der Waals surface area contributed by atoms with E-state index < -0.39 is 19.0 Å². The Morgan fingerprint density at radius 1 is 1.31 bits per heavy atom. The fraction of sp³-hybridized carbons (Fsp3) is 0.619. The van der Waals surface area contributed by atoms with Gasteiger partial charge in [0.25, 0.3) is 0 Å². The maximum Gasteiger partial charge on any atom is 0.547 e. The fourth-order valence-electron chi connectivity index (χ4n) is 5.03. The Kier molecular flexibility index (Phi) is 6.11. The SMILES string of the molecule is CCOC(=O)c1cccc2c1OB(O)[C@@H](NC(=O)CC1CCC3CNCC3C1)C2. The number of carbonyl (C=O) groups excluding carboxylic acids is 2. The molecule has 0 bridgehead atoms. The zero-order valence-corrected chi connectivity index (χ0v) is 16.9. The van der Waals surface area contributed by atoms with Gasteiger partial charge < -0.3 is 25.0 Å². The number of esters is 1. The van der Waals surface area contributed by atoms with Crippen molar-refractivity contribution in [1.82, 2.24) is 10.6 Å². The summed E-state index contributed by atoms with van der Waals surface area (Å²) in [5.41, 5.74) is 1.08. The molecule has 1 saturated carbocycles. The molecule has 0 spiro atoms. The topological polar surface area (TPSA) is 96.9 Å². The molecular weight excluding hydrogens is 371 g/mol. The summed E-state index contributed by atoms with van der Waals surface area (Å²) < 4.78 is 10.7. The van der Waals surface area contributed by atoms with E-state index in [9.17, 15) is 14.6 Å². The maximum atomic E-state index is 12.6. The van der Waals surface area contributed by atoms with Crippen molar-refractivity contribution in [2.75, 3.05) is 19.7 Å². The molecule has 2 aliphatic heterocycles. The van der Waals surface area contributed by atoms with E-state index in [2.05, 4.69) is 10.6 Å². The lowest BCUT2D eigenvalue weighted by atomic mass is 9.71. The summed E-state index contributed by atoms with van der Waals surface area (Å²) in [6, 6.07) is 5.23. The zero-order valence-electron chi connectivity index (χ0n) is 16.9. The van der Waals surface area contributed by atoms with Crippen LogP contribution in [0, 0.1) is 17.8 Å². The van der Waals surface area contributed by atoms with Crippen LogP contribution in [0.1, 0.15) is 48.5 Å². The second-order valence-corrected chi connectivity index (χ2v) is 8.46. The van der Waals surface area contributed by atoms with Crippen molar-refractivity contribution in [2.45, 2.75) is 45.0 Å². The summed E-state index contributed by atoms with van der Waals surface area (Å²) in [6.07, 6.45) is 4.28. The van der Waals surface area contributed by atoms with Gasteiger partial charge in [0.05, 0.1) is 12.5 Å². The summed E-state index contributed by atoms with van der Waals surface area (Å²) in [7, 11) is -1.20. The van der Waals surface area contributed by atoms with Crippen molar-refractivity contribution in [1.29, 1.82) is 0 Å². The monoisotopic (exact) mass is 400 g/mol. The molecule has 4 atom stereocenters. The van der Waals surface area contributed by atoms with Crippen molar-refractivity contribution in [2.24, 2.45) is 17.8 Å². The predicted molar refractivity (Wildman–Crippen MR) is 108 cm³/mol. The van der Waals surface area contributed by atoms with Crippen LogP contribution in [0.15, 0.2) is 18.2 Å². The summed E-state index contributed by atoms with van der Waals surface area (Å²) in [5, 5.41) is 16.8. The highest BCUT2D eigenvalue weighted by Crippen LogP contribution is 2.37. The van der Waals surface area contributed by atoms with Crippen LogP contribution >= 0.6 is 0 Å². The standard InChI is InChI=1S/C21H29BN2O5/c1-2-28-21(26)17-5-3-4-14-10-18(22(27)29-20(14)17)24-19(25)9-13-6-7-15-11-23-12-16(15)8-13/h3-5,13,15-16,18,23,27H,2,6-12H2,1H3,(H,24,25)/t13?,15?,16?,18-/m0/s1. The molecule has 1 aromatic rings. The normalized spacial score (nSPS) is 28.1. The first-order valence-corrected chi connectivity index (χ1v) is 10.7. The number of para-hydroxylation sites is 1. The molecule has 3 unspecified atom stereocenters. The predicted octanol–water partition coefficient (Wildman–Crippen LogP) is 1.33. The molecule has 2 fully saturated rings. The van der Waals surface area contributed by atoms with Gasteiger partial charge in [-0.2, -0.15) is 0 Å². The summed E-state index contributed by atoms with van der Waals surface area (Å²) in [5.74, 6) is 1.16. The number of rotatable bonds is 5. The number of amides is 1. The molecule has 8 heteroatoms. The zero-order chi connectivity index (χ0) is 20.4. The minimum absolute atomic E-state index is 0.0444. The minimum atomic E-state index is -1.20. The maximum absolute atomic E-state index is 12.6. The number of hydrogen-bond donors (Lipinski definition) is 3. The van der Waals surface area contributed by atoms with Crippen LogP contribution in [0.3, 0.4) is 0 Å². The van der Waals surface area contributed by atoms with E-state index in [-0.39, 0.29) is 12.5 Å². The van der Waals surface area contributed by atoms with Crippen molar-refractivity contribution < 1.29 is 24.0 Å². The summed E-state index contributed by atoms with van der Waals surface area (Å²) >= 11 is 0. The summed E-state index contributed by atoms with van der Waals surface area (Å²) in [6.45, 7) is 4.19. The van der Waals surface area contributed by atoms with Gasteiger partial charge in [-0.25, -0.2) is 4.79 Å². The van der Waals surface area contributed by atoms with Gasteiger partial charge in [0.1, 0.15) is 11.3 Å². The lowest BCUT2D eigenvalue weighted by molar-refractivity contribution is -0.122. The number of benzene rings is 1. The van der Waals surface area contributed by atoms with Gasteiger partial charge >= 0.3 is 13.1 Å². The third kappa shape index (κ3) is 4.43. The van der Waals surface area contributed by atoms with E-state index >= 15 is 0 Å². The molecule has 156 valence electrons. The van der Waals surface area contributed by atoms with Crippen LogP contribution < -0.4 is 15.3 Å². The van der Waals surface area contributed by atoms with Crippen molar-refractivity contribution in [3.63, 3.8) is 0 Å². The third-order valence-corrected chi connectivity index (χ3v) is 6.50. The number of nitrogens with one attached hydrogen (secondary N) is 2. The fourth-order valence-corrected chi connectivity index (χ4v) is 5.03. The molecule has 1 aliphatic carbocycles. The molecule has 7 nitrogen and oxygen atoms in total. The van der Waals surface area contributed by atoms with Crippen LogP contribution in [0.5, 0.6) is 5.75 Å². The number of hydrogen-bond acceptors (Lipinski definition) is 6. The van der Waals surface area contributed by atoms with E-state index in [1.807, 2.05) is 6.07 Å². The van der Waals surface area contributed by atoms with E-state index in [1.165, 1.54) is 6.42 Å². The molecule has 2 heterocycles. The van der Waals surface area contributed by atoms with Crippen LogP contribution in [0.4, 0.5) is 0 Å². The van der Waals surface area contributed by atoms with E-state index in [4.69, 9.17) is 9.39 Å². The van der Waals surface area contributed by atoms with Crippen molar-refractivity contribution in [3.05, 3.63) is 29.3 Å². The van der Waals surface area contributed by atoms with Crippen molar-refractivity contribution in [3.8, 4) is 5.75 Å². The number of carbonyl (C=O) groups is 2. The average molecular weight is 400 g/mol. The first-order chi connectivity index (χ1) is 14.0. The molecule has 4 rings (SSSR count). The van der Waals surface area contributed by atoms with Gasteiger partial charge in [-0.3, -0.25) is 4.79 Å². The van der Waals surface area contributed by atoms with Crippen molar-refractivity contribution >= 4 is 19.0 Å². The highest BCUT2D eigenvalue weighted by molar-refractivity contribution is 6.47. The molecule has 3 aliphatic rings. The van der Waals surface area contributed by atoms with Crippen LogP contribution in [-0.2, 0) is 16.0 Å². The van der Waals surface area contributed by atoms with Gasteiger partial charge in [0.2, 0.25) is 5.91 Å². The molecule has 0 aromatic heterocycles. The van der Waals surface area contributed by atoms with Gasteiger partial charge in [0.15, 0.2) is 0 Å². The Labute approximate surface area is 171 Å². The molecule has 1 amide bonds. The smallest absolute Gasteiger partial charge is 0.534 e. The minimum Gasteiger partial charge on any atom is -0.534 e. The first kappa shape index (κ1) is 20.2. The Morgan fingerprint density at radius 3 is 2.97 bits per heavy atom. The van der Waals surface area contributed by atoms with Crippen LogP contribution in [-0.4, -0.2) is 49.7 Å². The molecular formula is C21H29BN2O5. The largest absolute Gasteiger partial charge is 0.547 e. The lowest BCUT2D eigenvalue weighted by Gasteiger charge is -2.32. The Bertz CT molecular complexity index is 773. The molecule has 1 aromatic carbocycles. The number of ether oxygens (including phenoxy) is 1. The Hall–Kier alpha value is -2.06. The highest BCUT2D eigenvalue weighted by atomic mass is 16.5. The van der Waals surface area contributed by atoms with Crippen LogP contribution in [0.25, 0.3) is 0 Å².